The molecule has 0 bridgehead atoms. The van der Waals surface area contributed by atoms with E-state index in [1.54, 1.807) is 0 Å². The second kappa shape index (κ2) is 12.5. The largest absolute Gasteiger partial charge is 0.387 e. The van der Waals surface area contributed by atoms with Crippen LogP contribution in [0.15, 0.2) is 78.0 Å². The number of aldehydes is 1. The summed E-state index contributed by atoms with van der Waals surface area (Å²) in [5.41, 5.74) is 7.95. The maximum absolute atomic E-state index is 13.9. The zero-order valence-electron chi connectivity index (χ0n) is 28.1. The first-order valence-electron chi connectivity index (χ1n) is 16.9. The van der Waals surface area contributed by atoms with Gasteiger partial charge in [-0.15, -0.1) is 11.3 Å². The number of anilines is 1. The van der Waals surface area contributed by atoms with Gasteiger partial charge >= 0.3 is 0 Å². The number of hydrogen-bond acceptors (Lipinski definition) is 5. The van der Waals surface area contributed by atoms with Crippen LogP contribution in [0.4, 0.5) is 11.4 Å². The van der Waals surface area contributed by atoms with Crippen molar-refractivity contribution in [2.24, 2.45) is 5.92 Å². The van der Waals surface area contributed by atoms with Gasteiger partial charge in [0.2, 0.25) is 5.69 Å². The fourth-order valence-electron chi connectivity index (χ4n) is 7.62. The summed E-state index contributed by atoms with van der Waals surface area (Å²) in [5.74, 6) is -0.550. The number of aliphatic hydroxyl groups is 1. The van der Waals surface area contributed by atoms with Crippen molar-refractivity contribution in [3.8, 4) is 10.4 Å². The maximum atomic E-state index is 13.9. The number of nitrogens with zero attached hydrogens (tertiary/aromatic N) is 2. The minimum Gasteiger partial charge on any atom is -0.387 e. The average molecular weight is 636 g/mol. The summed E-state index contributed by atoms with van der Waals surface area (Å²) in [5, 5.41) is 11.6. The first-order valence-corrected chi connectivity index (χ1v) is 17.7. The molecule has 3 aromatic rings. The Morgan fingerprint density at radius 2 is 1.72 bits per heavy atom. The maximum Gasteiger partial charge on any atom is 0.209 e. The molecule has 3 heterocycles. The summed E-state index contributed by atoms with van der Waals surface area (Å²) in [6.07, 6.45) is 9.66. The monoisotopic (exact) mass is 635 g/mol. The number of rotatable bonds is 11. The van der Waals surface area contributed by atoms with E-state index in [9.17, 15) is 14.7 Å². The van der Waals surface area contributed by atoms with Crippen LogP contribution in [0, 0.1) is 5.92 Å². The molecule has 6 rings (SSSR count). The van der Waals surface area contributed by atoms with Crippen LogP contribution in [-0.4, -0.2) is 46.7 Å². The minimum atomic E-state index is -0.847. The third kappa shape index (κ3) is 5.33. The predicted octanol–water partition coefficient (Wildman–Crippen LogP) is 8.76. The molecule has 1 N–H and O–H groups in total. The molecule has 1 aromatic heterocycles. The molecule has 1 saturated carbocycles. The van der Waals surface area contributed by atoms with Gasteiger partial charge in [0, 0.05) is 57.9 Å². The van der Waals surface area contributed by atoms with Gasteiger partial charge < -0.3 is 10.0 Å². The van der Waals surface area contributed by atoms with Crippen LogP contribution in [0.2, 0.25) is 0 Å². The molecule has 1 fully saturated rings. The second-order valence-electron chi connectivity index (χ2n) is 14.1. The van der Waals surface area contributed by atoms with Gasteiger partial charge in [0.15, 0.2) is 17.8 Å². The molecule has 2 aliphatic heterocycles. The van der Waals surface area contributed by atoms with E-state index < -0.39 is 12.0 Å². The van der Waals surface area contributed by atoms with Crippen molar-refractivity contribution in [2.75, 3.05) is 18.0 Å². The highest BCUT2D eigenvalue weighted by Crippen LogP contribution is 2.50. The lowest BCUT2D eigenvalue weighted by Crippen LogP contribution is -2.46. The Morgan fingerprint density at radius 3 is 2.41 bits per heavy atom. The normalized spacial score (nSPS) is 22.8. The Labute approximate surface area is 278 Å². The van der Waals surface area contributed by atoms with Gasteiger partial charge in [-0.2, -0.15) is 4.58 Å². The third-order valence-corrected chi connectivity index (χ3v) is 11.3. The zero-order valence-corrected chi connectivity index (χ0v) is 28.9. The number of unbranched alkanes of at least 4 members (excludes halogenated alkanes) is 3. The zero-order chi connectivity index (χ0) is 32.8. The van der Waals surface area contributed by atoms with Crippen LogP contribution < -0.4 is 4.90 Å². The Morgan fingerprint density at radius 1 is 0.935 bits per heavy atom. The SMILES string of the molecule is CCCCCC[N+]1=C(C=C2C(=O)C(C=C3N(CCC)c4ccccc4C3(C)C)C2O)C(C)(C)c2cc(-c3ccc(C=O)s3)ccc21. The second-order valence-corrected chi connectivity index (χ2v) is 15.2. The highest BCUT2D eigenvalue weighted by atomic mass is 32.1. The summed E-state index contributed by atoms with van der Waals surface area (Å²) >= 11 is 1.50. The molecular formula is C40H47N2O3S+. The molecule has 2 atom stereocenters. The summed E-state index contributed by atoms with van der Waals surface area (Å²) in [6, 6.07) is 18.9. The van der Waals surface area contributed by atoms with Crippen LogP contribution in [0.1, 0.15) is 94.4 Å². The van der Waals surface area contributed by atoms with Gasteiger partial charge in [-0.1, -0.05) is 64.8 Å². The molecule has 46 heavy (non-hydrogen) atoms. The highest BCUT2D eigenvalue weighted by molar-refractivity contribution is 7.17. The number of aliphatic hydroxyl groups excluding tert-OH is 1. The number of Topliss-reactive ketones (excluding diaryl/α,β-unsaturated/α-hetero) is 1. The van der Waals surface area contributed by atoms with E-state index in [0.717, 1.165) is 66.2 Å². The molecule has 1 aliphatic carbocycles. The van der Waals surface area contributed by atoms with Crippen molar-refractivity contribution >= 4 is 40.5 Å². The van der Waals surface area contributed by atoms with E-state index in [4.69, 9.17) is 0 Å². The minimum absolute atomic E-state index is 0.00839. The number of para-hydroxylation sites is 1. The molecule has 5 nitrogen and oxygen atoms in total. The lowest BCUT2D eigenvalue weighted by molar-refractivity contribution is -0.438. The third-order valence-electron chi connectivity index (χ3n) is 10.3. The first kappa shape index (κ1) is 32.3. The molecule has 3 aliphatic rings. The van der Waals surface area contributed by atoms with Crippen LogP contribution in [0.5, 0.6) is 0 Å². The molecule has 0 saturated heterocycles. The summed E-state index contributed by atoms with van der Waals surface area (Å²) < 4.78 is 2.37. The topological polar surface area (TPSA) is 60.6 Å². The molecule has 0 radical (unpaired) electrons. The van der Waals surface area contributed by atoms with E-state index in [1.165, 1.54) is 41.0 Å². The number of ketones is 1. The highest BCUT2D eigenvalue weighted by Gasteiger charge is 2.50. The van der Waals surface area contributed by atoms with Crippen LogP contribution in [-0.2, 0) is 15.6 Å². The Bertz CT molecular complexity index is 1770. The summed E-state index contributed by atoms with van der Waals surface area (Å²) in [4.78, 5) is 29.4. The molecule has 2 unspecified atom stereocenters. The smallest absolute Gasteiger partial charge is 0.209 e. The van der Waals surface area contributed by atoms with E-state index in [0.29, 0.717) is 10.5 Å². The van der Waals surface area contributed by atoms with Crippen LogP contribution in [0.25, 0.3) is 10.4 Å². The lowest BCUT2D eigenvalue weighted by Gasteiger charge is -2.35. The van der Waals surface area contributed by atoms with Crippen molar-refractivity contribution < 1.29 is 19.3 Å². The number of carbonyl (C=O) groups is 2. The van der Waals surface area contributed by atoms with Crippen molar-refractivity contribution in [2.45, 2.75) is 90.6 Å². The first-order chi connectivity index (χ1) is 22.0. The van der Waals surface area contributed by atoms with E-state index >= 15 is 0 Å². The lowest BCUT2D eigenvalue weighted by atomic mass is 9.71. The van der Waals surface area contributed by atoms with Crippen molar-refractivity contribution in [1.82, 2.24) is 0 Å². The van der Waals surface area contributed by atoms with Crippen molar-refractivity contribution in [1.29, 1.82) is 0 Å². The van der Waals surface area contributed by atoms with E-state index in [1.807, 2.05) is 24.3 Å². The summed E-state index contributed by atoms with van der Waals surface area (Å²) in [6.45, 7) is 15.0. The molecule has 6 heteroatoms. The summed E-state index contributed by atoms with van der Waals surface area (Å²) in [7, 11) is 0. The number of thiophene rings is 1. The average Bonchev–Trinajstić information content (AvgIpc) is 3.67. The quantitative estimate of drug-likeness (QED) is 0.0991. The van der Waals surface area contributed by atoms with E-state index in [2.05, 4.69) is 93.5 Å². The Hall–Kier alpha value is -3.61. The fraction of sp³-hybridized carbons (Fsp3) is 0.425. The number of benzene rings is 2. The number of fused-ring (bicyclic) bond motifs is 2. The van der Waals surface area contributed by atoms with Crippen LogP contribution >= 0.6 is 11.3 Å². The van der Waals surface area contributed by atoms with Gasteiger partial charge in [0.1, 0.15) is 6.54 Å². The molecule has 0 spiro atoms. The van der Waals surface area contributed by atoms with Gasteiger partial charge in [-0.05, 0) is 68.1 Å². The van der Waals surface area contributed by atoms with Crippen LogP contribution in [0.3, 0.4) is 0 Å². The van der Waals surface area contributed by atoms with Gasteiger partial charge in [0.25, 0.3) is 0 Å². The molecule has 240 valence electrons. The molecule has 2 aromatic carbocycles. The molecular weight excluding hydrogens is 589 g/mol. The molecule has 0 amide bonds. The van der Waals surface area contributed by atoms with Gasteiger partial charge in [-0.3, -0.25) is 9.59 Å². The fourth-order valence-corrected chi connectivity index (χ4v) is 8.44. The standard InChI is InChI=1S/C40H47N2O3S/c1-7-9-10-13-21-42-33-18-16-26(34-19-17-27(25-43)46-34)22-31(33)40(5,6)36(42)24-29-37(44)28(38(29)45)23-35-39(3,4)30-14-11-12-15-32(30)41(35)20-8-2/h11-12,14-19,22-25,28,37,44H,7-10,13,20-21H2,1-6H3/q+1. The number of hydrogen-bond donors (Lipinski definition) is 1. The predicted molar refractivity (Wildman–Crippen MR) is 190 cm³/mol. The Balaban J connectivity index is 1.35. The Kier molecular flexibility index (Phi) is 8.81. The number of carbonyl (C=O) groups excluding carboxylic acids is 2. The van der Waals surface area contributed by atoms with Gasteiger partial charge in [0.05, 0.1) is 22.3 Å². The van der Waals surface area contributed by atoms with Crippen molar-refractivity contribution in [3.05, 3.63) is 94.0 Å². The number of allylic oxidation sites excluding steroid dienone is 2. The van der Waals surface area contributed by atoms with Gasteiger partial charge in [-0.25, -0.2) is 0 Å². The van der Waals surface area contributed by atoms with Crippen molar-refractivity contribution in [3.63, 3.8) is 0 Å². The van der Waals surface area contributed by atoms with E-state index in [-0.39, 0.29) is 16.6 Å².